The maximum Gasteiger partial charge on any atom is 0.249 e. The second-order valence-electron chi connectivity index (χ2n) is 4.01. The molecule has 17 heavy (non-hydrogen) atoms. The van der Waals surface area contributed by atoms with Gasteiger partial charge in [-0.15, -0.1) is 0 Å². The number of hydrogen-bond acceptors (Lipinski definition) is 3. The summed E-state index contributed by atoms with van der Waals surface area (Å²) in [4.78, 5) is 23.3. The topological polar surface area (TPSA) is 58.2 Å². The molecule has 0 spiro atoms. The molecule has 0 saturated carbocycles. The van der Waals surface area contributed by atoms with E-state index in [4.69, 9.17) is 12.2 Å². The Kier molecular flexibility index (Phi) is 3.19. The first kappa shape index (κ1) is 11.7. The Bertz CT molecular complexity index is 482. The van der Waals surface area contributed by atoms with Gasteiger partial charge in [0.05, 0.1) is 0 Å². The van der Waals surface area contributed by atoms with Gasteiger partial charge in [-0.25, -0.2) is 0 Å². The van der Waals surface area contributed by atoms with Crippen molar-refractivity contribution in [3.8, 4) is 0 Å². The molecule has 1 amide bonds. The molecule has 4 nitrogen and oxygen atoms in total. The molecule has 1 saturated heterocycles. The van der Waals surface area contributed by atoms with Crippen molar-refractivity contribution in [2.24, 2.45) is 0 Å². The van der Waals surface area contributed by atoms with Crippen LogP contribution in [0.2, 0.25) is 0 Å². The molecule has 1 aromatic carbocycles. The van der Waals surface area contributed by atoms with Crippen molar-refractivity contribution >= 4 is 29.0 Å². The molecule has 1 heterocycles. The van der Waals surface area contributed by atoms with E-state index in [2.05, 4.69) is 10.6 Å². The number of Topliss-reactive ketones (excluding diaryl/α,β-unsaturated/α-hetero) is 1. The monoisotopic (exact) mass is 248 g/mol. The first-order valence-electron chi connectivity index (χ1n) is 5.27. The molecule has 0 aliphatic carbocycles. The number of carbonyl (C=O) groups excluding carboxylic acids is 2. The Morgan fingerprint density at radius 1 is 1.35 bits per heavy atom. The zero-order chi connectivity index (χ0) is 12.4. The lowest BCUT2D eigenvalue weighted by molar-refractivity contribution is -0.120. The van der Waals surface area contributed by atoms with Gasteiger partial charge in [0.15, 0.2) is 10.9 Å². The van der Waals surface area contributed by atoms with Crippen LogP contribution in [0.5, 0.6) is 0 Å². The minimum Gasteiger partial charge on any atom is -0.350 e. The average Bonchev–Trinajstić information content (AvgIpc) is 2.58. The van der Waals surface area contributed by atoms with E-state index >= 15 is 0 Å². The van der Waals surface area contributed by atoms with E-state index in [-0.39, 0.29) is 23.2 Å². The quantitative estimate of drug-likeness (QED) is 0.617. The van der Waals surface area contributed by atoms with Crippen LogP contribution >= 0.6 is 12.2 Å². The van der Waals surface area contributed by atoms with E-state index in [1.165, 1.54) is 0 Å². The first-order chi connectivity index (χ1) is 8.06. The van der Waals surface area contributed by atoms with Crippen LogP contribution in [-0.2, 0) is 4.79 Å². The third-order valence-electron chi connectivity index (χ3n) is 2.62. The number of aryl methyl sites for hydroxylation is 1. The summed E-state index contributed by atoms with van der Waals surface area (Å²) in [6.45, 7) is 1.96. The SMILES string of the molecule is Cc1ccc(C(=O)CC2NC(=S)NC2=O)cc1. The standard InChI is InChI=1S/C12H12N2O2S/c1-7-2-4-8(5-3-7)10(15)6-9-11(16)14-12(17)13-9/h2-5,9H,6H2,1H3,(H2,13,14,16,17). The van der Waals surface area contributed by atoms with Crippen LogP contribution in [0.4, 0.5) is 0 Å². The zero-order valence-electron chi connectivity index (χ0n) is 9.32. The third kappa shape index (κ3) is 2.68. The number of thiocarbonyl (C=S) groups is 1. The second kappa shape index (κ2) is 4.63. The maximum atomic E-state index is 11.9. The van der Waals surface area contributed by atoms with Gasteiger partial charge in [0.1, 0.15) is 6.04 Å². The Hall–Kier alpha value is -1.75. The smallest absolute Gasteiger partial charge is 0.249 e. The predicted molar refractivity (Wildman–Crippen MR) is 67.8 cm³/mol. The molecule has 0 bridgehead atoms. The van der Waals surface area contributed by atoms with Gasteiger partial charge in [0.25, 0.3) is 0 Å². The van der Waals surface area contributed by atoms with E-state index < -0.39 is 6.04 Å². The van der Waals surface area contributed by atoms with Gasteiger partial charge in [-0.1, -0.05) is 29.8 Å². The normalized spacial score (nSPS) is 18.8. The first-order valence-corrected chi connectivity index (χ1v) is 5.68. The van der Waals surface area contributed by atoms with Gasteiger partial charge in [-0.2, -0.15) is 0 Å². The van der Waals surface area contributed by atoms with Gasteiger partial charge in [-0.05, 0) is 19.1 Å². The Morgan fingerprint density at radius 3 is 2.53 bits per heavy atom. The maximum absolute atomic E-state index is 11.9. The van der Waals surface area contributed by atoms with Gasteiger partial charge in [-0.3, -0.25) is 9.59 Å². The number of benzene rings is 1. The molecule has 1 fully saturated rings. The Balaban J connectivity index is 2.04. The van der Waals surface area contributed by atoms with Crippen LogP contribution in [0, 0.1) is 6.92 Å². The zero-order valence-corrected chi connectivity index (χ0v) is 10.1. The van der Waals surface area contributed by atoms with E-state index in [0.717, 1.165) is 5.56 Å². The van der Waals surface area contributed by atoms with E-state index in [9.17, 15) is 9.59 Å². The minimum atomic E-state index is -0.545. The average molecular weight is 248 g/mol. The van der Waals surface area contributed by atoms with Gasteiger partial charge >= 0.3 is 0 Å². The summed E-state index contributed by atoms with van der Waals surface area (Å²) < 4.78 is 0. The fourth-order valence-electron chi connectivity index (χ4n) is 1.65. The molecule has 2 N–H and O–H groups in total. The molecule has 1 aliphatic heterocycles. The van der Waals surface area contributed by atoms with Crippen LogP contribution < -0.4 is 10.6 Å². The van der Waals surface area contributed by atoms with Gasteiger partial charge in [0.2, 0.25) is 5.91 Å². The molecule has 5 heteroatoms. The number of ketones is 1. The Morgan fingerprint density at radius 2 is 2.00 bits per heavy atom. The lowest BCUT2D eigenvalue weighted by Crippen LogP contribution is -2.31. The van der Waals surface area contributed by atoms with Crippen LogP contribution in [0.25, 0.3) is 0 Å². The number of rotatable bonds is 3. The van der Waals surface area contributed by atoms with Crippen molar-refractivity contribution in [1.82, 2.24) is 10.6 Å². The largest absolute Gasteiger partial charge is 0.350 e. The minimum absolute atomic E-state index is 0.0673. The summed E-state index contributed by atoms with van der Waals surface area (Å²) in [5.74, 6) is -0.308. The summed E-state index contributed by atoms with van der Waals surface area (Å²) in [5.41, 5.74) is 1.71. The number of amides is 1. The van der Waals surface area contributed by atoms with E-state index in [0.29, 0.717) is 5.56 Å². The summed E-state index contributed by atoms with van der Waals surface area (Å²) in [5, 5.41) is 5.52. The van der Waals surface area contributed by atoms with Crippen molar-refractivity contribution in [3.05, 3.63) is 35.4 Å². The lowest BCUT2D eigenvalue weighted by Gasteiger charge is -2.06. The molecule has 88 valence electrons. The van der Waals surface area contributed by atoms with E-state index in [1.54, 1.807) is 12.1 Å². The fraction of sp³-hybridized carbons (Fsp3) is 0.250. The van der Waals surface area contributed by atoms with Crippen LogP contribution in [0.1, 0.15) is 22.3 Å². The molecule has 1 unspecified atom stereocenters. The highest BCUT2D eigenvalue weighted by molar-refractivity contribution is 7.80. The summed E-state index contributed by atoms with van der Waals surface area (Å²) >= 11 is 4.81. The van der Waals surface area contributed by atoms with Crippen molar-refractivity contribution in [2.75, 3.05) is 0 Å². The number of nitrogens with one attached hydrogen (secondary N) is 2. The predicted octanol–water partition coefficient (Wildman–Crippen LogP) is 0.941. The highest BCUT2D eigenvalue weighted by Gasteiger charge is 2.29. The number of hydrogen-bond donors (Lipinski definition) is 2. The molecule has 0 radical (unpaired) electrons. The summed E-state index contributed by atoms with van der Waals surface area (Å²) in [6.07, 6.45) is 0.120. The van der Waals surface area contributed by atoms with Crippen LogP contribution in [-0.4, -0.2) is 22.8 Å². The van der Waals surface area contributed by atoms with Crippen molar-refractivity contribution in [3.63, 3.8) is 0 Å². The fourth-order valence-corrected chi connectivity index (χ4v) is 1.89. The highest BCUT2D eigenvalue weighted by atomic mass is 32.1. The molecular formula is C12H12N2O2S. The third-order valence-corrected chi connectivity index (χ3v) is 2.84. The molecular weight excluding hydrogens is 236 g/mol. The molecule has 1 aliphatic rings. The molecule has 2 rings (SSSR count). The van der Waals surface area contributed by atoms with Crippen molar-refractivity contribution < 1.29 is 9.59 Å². The molecule has 1 aromatic rings. The van der Waals surface area contributed by atoms with Gasteiger partial charge in [0, 0.05) is 12.0 Å². The van der Waals surface area contributed by atoms with E-state index in [1.807, 2.05) is 19.1 Å². The molecule has 1 atom stereocenters. The second-order valence-corrected chi connectivity index (χ2v) is 4.42. The molecule has 0 aromatic heterocycles. The van der Waals surface area contributed by atoms with Crippen molar-refractivity contribution in [2.45, 2.75) is 19.4 Å². The summed E-state index contributed by atoms with van der Waals surface area (Å²) in [7, 11) is 0. The van der Waals surface area contributed by atoms with Gasteiger partial charge < -0.3 is 10.6 Å². The van der Waals surface area contributed by atoms with Crippen molar-refractivity contribution in [1.29, 1.82) is 0 Å². The Labute approximate surface area is 104 Å². The number of carbonyl (C=O) groups is 2. The van der Waals surface area contributed by atoms with Crippen LogP contribution in [0.3, 0.4) is 0 Å². The summed E-state index contributed by atoms with van der Waals surface area (Å²) in [6, 6.07) is 6.74. The highest BCUT2D eigenvalue weighted by Crippen LogP contribution is 2.09. The van der Waals surface area contributed by atoms with Crippen LogP contribution in [0.15, 0.2) is 24.3 Å². The lowest BCUT2D eigenvalue weighted by atomic mass is 10.0.